The summed E-state index contributed by atoms with van der Waals surface area (Å²) in [7, 11) is 0. The summed E-state index contributed by atoms with van der Waals surface area (Å²) < 4.78 is 0. The van der Waals surface area contributed by atoms with Gasteiger partial charge in [0.05, 0.1) is 4.92 Å². The number of anilines is 1. The van der Waals surface area contributed by atoms with E-state index >= 15 is 0 Å². The molecule has 0 aliphatic heterocycles. The van der Waals surface area contributed by atoms with Gasteiger partial charge in [0.1, 0.15) is 5.69 Å². The van der Waals surface area contributed by atoms with Gasteiger partial charge in [0, 0.05) is 0 Å². The second-order valence-electron chi connectivity index (χ2n) is 2.28. The topological polar surface area (TPSA) is 94.9 Å². The molecular weight excluding hydrogens is 192 g/mol. The molecular formula is C6H8N4O2S. The van der Waals surface area contributed by atoms with Crippen molar-refractivity contribution in [3.05, 3.63) is 15.8 Å². The minimum Gasteiger partial charge on any atom is -0.368 e. The summed E-state index contributed by atoms with van der Waals surface area (Å²) in [6.07, 6.45) is 1.70. The van der Waals surface area contributed by atoms with Gasteiger partial charge in [-0.05, 0) is 13.2 Å². The maximum absolute atomic E-state index is 10.6. The summed E-state index contributed by atoms with van der Waals surface area (Å²) in [6, 6.07) is 0. The molecule has 0 unspecified atom stereocenters. The van der Waals surface area contributed by atoms with Crippen LogP contribution >= 0.6 is 11.8 Å². The molecule has 2 N–H and O–H groups in total. The van der Waals surface area contributed by atoms with E-state index in [0.29, 0.717) is 10.7 Å². The SMILES string of the molecule is CSc1nc(N)nc(C)c1[N+](=O)[O-]. The Morgan fingerprint density at radius 3 is 2.62 bits per heavy atom. The average molecular weight is 200 g/mol. The predicted molar refractivity (Wildman–Crippen MR) is 49.6 cm³/mol. The first kappa shape index (κ1) is 9.72. The number of nitrogens with zero attached hydrogens (tertiary/aromatic N) is 3. The molecule has 0 spiro atoms. The van der Waals surface area contributed by atoms with Crippen molar-refractivity contribution < 1.29 is 4.92 Å². The van der Waals surface area contributed by atoms with E-state index in [9.17, 15) is 10.1 Å². The number of aromatic nitrogens is 2. The van der Waals surface area contributed by atoms with Gasteiger partial charge in [0.25, 0.3) is 0 Å². The molecule has 7 heteroatoms. The molecule has 0 saturated heterocycles. The van der Waals surface area contributed by atoms with E-state index in [1.54, 1.807) is 6.26 Å². The molecule has 0 aliphatic rings. The Bertz CT molecular complexity index is 355. The number of hydrogen-bond acceptors (Lipinski definition) is 6. The Hall–Kier alpha value is -1.37. The molecule has 0 aromatic carbocycles. The van der Waals surface area contributed by atoms with Crippen LogP contribution in [0.1, 0.15) is 5.69 Å². The van der Waals surface area contributed by atoms with Crippen LogP contribution in [0.25, 0.3) is 0 Å². The second kappa shape index (κ2) is 3.56. The summed E-state index contributed by atoms with van der Waals surface area (Å²) in [5.74, 6) is 0.0625. The van der Waals surface area contributed by atoms with Crippen molar-refractivity contribution in [3.63, 3.8) is 0 Å². The highest BCUT2D eigenvalue weighted by Crippen LogP contribution is 2.27. The minimum absolute atomic E-state index is 0.0625. The first-order chi connectivity index (χ1) is 6.06. The molecule has 1 aromatic rings. The standard InChI is InChI=1S/C6H8N4O2S/c1-3-4(10(11)12)5(13-2)9-6(7)8-3/h1-2H3,(H2,7,8,9). The van der Waals surface area contributed by atoms with Crippen LogP contribution < -0.4 is 5.73 Å². The third-order valence-corrected chi connectivity index (χ3v) is 2.09. The fourth-order valence-corrected chi connectivity index (χ4v) is 1.51. The Morgan fingerprint density at radius 1 is 1.54 bits per heavy atom. The Balaban J connectivity index is 3.38. The maximum Gasteiger partial charge on any atom is 0.322 e. The van der Waals surface area contributed by atoms with Crippen LogP contribution in [-0.2, 0) is 0 Å². The van der Waals surface area contributed by atoms with Gasteiger partial charge in [-0.25, -0.2) is 4.98 Å². The molecule has 0 fully saturated rings. The van der Waals surface area contributed by atoms with Crippen molar-refractivity contribution in [2.24, 2.45) is 0 Å². The van der Waals surface area contributed by atoms with E-state index < -0.39 is 4.92 Å². The van der Waals surface area contributed by atoms with Crippen LogP contribution in [0.3, 0.4) is 0 Å². The fraction of sp³-hybridized carbons (Fsp3) is 0.333. The summed E-state index contributed by atoms with van der Waals surface area (Å²) in [5, 5.41) is 10.9. The van der Waals surface area contributed by atoms with Crippen molar-refractivity contribution in [2.45, 2.75) is 11.9 Å². The lowest BCUT2D eigenvalue weighted by atomic mass is 10.4. The molecule has 0 radical (unpaired) electrons. The van der Waals surface area contributed by atoms with Crippen molar-refractivity contribution in [1.82, 2.24) is 9.97 Å². The summed E-state index contributed by atoms with van der Waals surface area (Å²) >= 11 is 1.18. The van der Waals surface area contributed by atoms with E-state index in [1.807, 2.05) is 0 Å². The van der Waals surface area contributed by atoms with Gasteiger partial charge in [-0.3, -0.25) is 10.1 Å². The van der Waals surface area contributed by atoms with E-state index in [2.05, 4.69) is 9.97 Å². The lowest BCUT2D eigenvalue weighted by molar-refractivity contribution is -0.389. The smallest absolute Gasteiger partial charge is 0.322 e. The molecule has 0 amide bonds. The van der Waals surface area contributed by atoms with Crippen molar-refractivity contribution in [3.8, 4) is 0 Å². The van der Waals surface area contributed by atoms with Crippen LogP contribution in [0.15, 0.2) is 5.03 Å². The highest BCUT2D eigenvalue weighted by molar-refractivity contribution is 7.98. The maximum atomic E-state index is 10.6. The molecule has 1 heterocycles. The van der Waals surface area contributed by atoms with Gasteiger partial charge in [-0.1, -0.05) is 0 Å². The zero-order valence-electron chi connectivity index (χ0n) is 7.14. The number of nitrogens with two attached hydrogens (primary N) is 1. The number of rotatable bonds is 2. The first-order valence-corrected chi connectivity index (χ1v) is 4.61. The van der Waals surface area contributed by atoms with Crippen molar-refractivity contribution >= 4 is 23.4 Å². The molecule has 0 atom stereocenters. The van der Waals surface area contributed by atoms with Crippen LogP contribution in [0.4, 0.5) is 11.6 Å². The third kappa shape index (κ3) is 1.86. The molecule has 1 rings (SSSR count). The third-order valence-electron chi connectivity index (χ3n) is 1.42. The lowest BCUT2D eigenvalue weighted by Gasteiger charge is -2.01. The zero-order valence-corrected chi connectivity index (χ0v) is 7.96. The summed E-state index contributed by atoms with van der Waals surface area (Å²) in [6.45, 7) is 1.54. The second-order valence-corrected chi connectivity index (χ2v) is 3.08. The molecule has 1 aromatic heterocycles. The number of nitro groups is 1. The minimum atomic E-state index is -0.499. The van der Waals surface area contributed by atoms with Crippen LogP contribution in [0.2, 0.25) is 0 Å². The lowest BCUT2D eigenvalue weighted by Crippen LogP contribution is -2.03. The molecule has 0 bridgehead atoms. The Morgan fingerprint density at radius 2 is 2.15 bits per heavy atom. The zero-order chi connectivity index (χ0) is 10.0. The highest BCUT2D eigenvalue weighted by Gasteiger charge is 2.20. The van der Waals surface area contributed by atoms with Crippen molar-refractivity contribution in [2.75, 3.05) is 12.0 Å². The van der Waals surface area contributed by atoms with Crippen LogP contribution in [0.5, 0.6) is 0 Å². The number of nitrogen functional groups attached to an aromatic ring is 1. The van der Waals surface area contributed by atoms with Crippen molar-refractivity contribution in [1.29, 1.82) is 0 Å². The van der Waals surface area contributed by atoms with Gasteiger partial charge >= 0.3 is 5.69 Å². The van der Waals surface area contributed by atoms with Gasteiger partial charge in [-0.2, -0.15) is 4.98 Å². The molecule has 0 aliphatic carbocycles. The fourth-order valence-electron chi connectivity index (χ4n) is 0.914. The normalized spacial score (nSPS) is 10.0. The van der Waals surface area contributed by atoms with Gasteiger partial charge in [0.2, 0.25) is 5.95 Å². The Labute approximate surface area is 78.7 Å². The largest absolute Gasteiger partial charge is 0.368 e. The predicted octanol–water partition coefficient (Wildman–Crippen LogP) is 0.997. The number of aryl methyl sites for hydroxylation is 1. The average Bonchev–Trinajstić information content (AvgIpc) is 2.01. The number of hydrogen-bond donors (Lipinski definition) is 1. The monoisotopic (exact) mass is 200 g/mol. The first-order valence-electron chi connectivity index (χ1n) is 3.38. The summed E-state index contributed by atoms with van der Waals surface area (Å²) in [5.41, 5.74) is 5.57. The van der Waals surface area contributed by atoms with E-state index in [-0.39, 0.29) is 11.6 Å². The highest BCUT2D eigenvalue weighted by atomic mass is 32.2. The van der Waals surface area contributed by atoms with E-state index in [1.165, 1.54) is 18.7 Å². The Kier molecular flexibility index (Phi) is 2.66. The molecule has 0 saturated carbocycles. The van der Waals surface area contributed by atoms with Gasteiger partial charge in [-0.15, -0.1) is 11.8 Å². The molecule has 6 nitrogen and oxygen atoms in total. The number of thioether (sulfide) groups is 1. The molecule has 70 valence electrons. The van der Waals surface area contributed by atoms with E-state index in [0.717, 1.165) is 0 Å². The summed E-state index contributed by atoms with van der Waals surface area (Å²) in [4.78, 5) is 17.6. The van der Waals surface area contributed by atoms with Gasteiger partial charge in [0.15, 0.2) is 5.03 Å². The van der Waals surface area contributed by atoms with Gasteiger partial charge < -0.3 is 5.73 Å². The molecule has 13 heavy (non-hydrogen) atoms. The van der Waals surface area contributed by atoms with Crippen LogP contribution in [-0.4, -0.2) is 21.1 Å². The van der Waals surface area contributed by atoms with Crippen LogP contribution in [0, 0.1) is 17.0 Å². The van der Waals surface area contributed by atoms with E-state index in [4.69, 9.17) is 5.73 Å². The quantitative estimate of drug-likeness (QED) is 0.331.